The Morgan fingerprint density at radius 1 is 1.00 bits per heavy atom. The Balaban J connectivity index is 2.84. The molecule has 1 saturated heterocycles. The zero-order valence-corrected chi connectivity index (χ0v) is 13.8. The molecule has 6 nitrogen and oxygen atoms in total. The van der Waals surface area contributed by atoms with Crippen LogP contribution in [0.3, 0.4) is 0 Å². The van der Waals surface area contributed by atoms with Crippen molar-refractivity contribution in [3.05, 3.63) is 0 Å². The topological polar surface area (TPSA) is 76.1 Å². The summed E-state index contributed by atoms with van der Waals surface area (Å²) in [6.07, 6.45) is -0.410. The number of nitrogens with zero attached hydrogens (tertiary/aromatic N) is 1. The first-order chi connectivity index (χ1) is 9.39. The van der Waals surface area contributed by atoms with Crippen molar-refractivity contribution < 1.29 is 24.2 Å². The Labute approximate surface area is 126 Å². The van der Waals surface area contributed by atoms with Gasteiger partial charge >= 0.3 is 12.1 Å². The van der Waals surface area contributed by atoms with E-state index in [4.69, 9.17) is 9.47 Å². The number of hydrogen-bond donors (Lipinski definition) is 1. The summed E-state index contributed by atoms with van der Waals surface area (Å²) >= 11 is 0. The van der Waals surface area contributed by atoms with Crippen LogP contribution in [0.5, 0.6) is 0 Å². The van der Waals surface area contributed by atoms with Gasteiger partial charge < -0.3 is 14.6 Å². The highest BCUT2D eigenvalue weighted by atomic mass is 16.6. The number of esters is 1. The average Bonchev–Trinajstić information content (AvgIpc) is 2.23. The zero-order chi connectivity index (χ0) is 16.4. The van der Waals surface area contributed by atoms with Gasteiger partial charge in [0.1, 0.15) is 17.2 Å². The maximum atomic E-state index is 12.2. The highest BCUT2D eigenvalue weighted by molar-refractivity contribution is 5.82. The van der Waals surface area contributed by atoms with Crippen molar-refractivity contribution in [1.29, 1.82) is 0 Å². The number of aliphatic hydroxyl groups is 1. The molecule has 0 spiro atoms. The monoisotopic (exact) mass is 301 g/mol. The molecule has 0 radical (unpaired) electrons. The second-order valence-electron chi connectivity index (χ2n) is 7.41. The number of aliphatic hydroxyl groups excluding tert-OH is 1. The lowest BCUT2D eigenvalue weighted by molar-refractivity contribution is -0.163. The predicted molar refractivity (Wildman–Crippen MR) is 77.8 cm³/mol. The lowest BCUT2D eigenvalue weighted by Crippen LogP contribution is -2.54. The molecule has 1 rings (SSSR count). The molecule has 1 fully saturated rings. The molecular weight excluding hydrogens is 274 g/mol. The number of likely N-dealkylation sites (tertiary alicyclic amines) is 1. The van der Waals surface area contributed by atoms with Crippen molar-refractivity contribution in [2.75, 3.05) is 6.54 Å². The van der Waals surface area contributed by atoms with Gasteiger partial charge in [0.05, 0.1) is 12.6 Å². The Kier molecular flexibility index (Phi) is 5.25. The minimum Gasteiger partial charge on any atom is -0.458 e. The smallest absolute Gasteiger partial charge is 0.411 e. The molecule has 1 N–H and O–H groups in total. The van der Waals surface area contributed by atoms with Crippen LogP contribution in [0.1, 0.15) is 54.4 Å². The summed E-state index contributed by atoms with van der Waals surface area (Å²) in [7, 11) is 0. The van der Waals surface area contributed by atoms with Gasteiger partial charge in [-0.15, -0.1) is 0 Å². The fraction of sp³-hybridized carbons (Fsp3) is 0.867. The number of hydrogen-bond acceptors (Lipinski definition) is 5. The van der Waals surface area contributed by atoms with E-state index in [0.29, 0.717) is 12.8 Å². The minimum atomic E-state index is -0.706. The van der Waals surface area contributed by atoms with Gasteiger partial charge in [-0.3, -0.25) is 4.90 Å². The zero-order valence-electron chi connectivity index (χ0n) is 13.8. The standard InChI is InChI=1S/C15H27NO5/c1-14(2,3)20-12(18)11-8-7-10(17)9-16(11)13(19)21-15(4,5)6/h10-11,17H,7-9H2,1-6H3/t10-,11-/m0/s1. The van der Waals surface area contributed by atoms with Crippen molar-refractivity contribution in [3.8, 4) is 0 Å². The van der Waals surface area contributed by atoms with E-state index in [-0.39, 0.29) is 6.54 Å². The molecule has 1 aliphatic heterocycles. The van der Waals surface area contributed by atoms with E-state index >= 15 is 0 Å². The van der Waals surface area contributed by atoms with Crippen molar-refractivity contribution in [3.63, 3.8) is 0 Å². The summed E-state index contributed by atoms with van der Waals surface area (Å²) in [5.74, 6) is -0.458. The third kappa shape index (κ3) is 5.91. The van der Waals surface area contributed by atoms with Crippen molar-refractivity contribution in [2.45, 2.75) is 77.7 Å². The average molecular weight is 301 g/mol. The van der Waals surface area contributed by atoms with E-state index in [1.54, 1.807) is 41.5 Å². The molecule has 0 aromatic rings. The van der Waals surface area contributed by atoms with Crippen LogP contribution >= 0.6 is 0 Å². The summed E-state index contributed by atoms with van der Waals surface area (Å²) in [6, 6.07) is -0.706. The van der Waals surface area contributed by atoms with E-state index < -0.39 is 35.4 Å². The number of carbonyl (C=O) groups is 2. The van der Waals surface area contributed by atoms with E-state index in [1.807, 2.05) is 0 Å². The second-order valence-corrected chi connectivity index (χ2v) is 7.41. The van der Waals surface area contributed by atoms with Gasteiger partial charge in [-0.2, -0.15) is 0 Å². The van der Waals surface area contributed by atoms with E-state index in [0.717, 1.165) is 0 Å². The first kappa shape index (κ1) is 17.8. The molecule has 122 valence electrons. The highest BCUT2D eigenvalue weighted by Gasteiger charge is 2.39. The van der Waals surface area contributed by atoms with Crippen LogP contribution in [0.15, 0.2) is 0 Å². The summed E-state index contributed by atoms with van der Waals surface area (Å²) in [5.41, 5.74) is -1.27. The van der Waals surface area contributed by atoms with Crippen molar-refractivity contribution in [1.82, 2.24) is 4.90 Å². The molecule has 1 heterocycles. The number of ether oxygens (including phenoxy) is 2. The summed E-state index contributed by atoms with van der Waals surface area (Å²) in [6.45, 7) is 10.7. The number of carbonyl (C=O) groups excluding carboxylic acids is 2. The van der Waals surface area contributed by atoms with Crippen LogP contribution in [0.4, 0.5) is 4.79 Å². The predicted octanol–water partition coefficient (Wildman–Crippen LogP) is 2.09. The summed E-state index contributed by atoms with van der Waals surface area (Å²) in [5, 5.41) is 9.76. The molecule has 0 aromatic heterocycles. The molecule has 0 bridgehead atoms. The largest absolute Gasteiger partial charge is 0.458 e. The lowest BCUT2D eigenvalue weighted by atomic mass is 10.0. The van der Waals surface area contributed by atoms with E-state index in [9.17, 15) is 14.7 Å². The molecule has 6 heteroatoms. The maximum Gasteiger partial charge on any atom is 0.411 e. The molecule has 0 aromatic carbocycles. The number of piperidine rings is 1. The lowest BCUT2D eigenvalue weighted by Gasteiger charge is -2.38. The normalized spacial score (nSPS) is 23.7. The first-order valence-corrected chi connectivity index (χ1v) is 7.29. The van der Waals surface area contributed by atoms with Crippen molar-refractivity contribution in [2.24, 2.45) is 0 Å². The fourth-order valence-corrected chi connectivity index (χ4v) is 2.09. The maximum absolute atomic E-state index is 12.2. The first-order valence-electron chi connectivity index (χ1n) is 7.29. The highest BCUT2D eigenvalue weighted by Crippen LogP contribution is 2.23. The summed E-state index contributed by atoms with van der Waals surface area (Å²) < 4.78 is 10.7. The molecule has 1 amide bonds. The number of β-amino-alcohol motifs (C(OH)–C–C–N with tert-alkyl or cyclic N) is 1. The van der Waals surface area contributed by atoms with Crippen LogP contribution in [-0.2, 0) is 14.3 Å². The third-order valence-electron chi connectivity index (χ3n) is 2.86. The summed E-state index contributed by atoms with van der Waals surface area (Å²) in [4.78, 5) is 25.7. The molecule has 0 aliphatic carbocycles. The molecular formula is C15H27NO5. The van der Waals surface area contributed by atoms with E-state index in [1.165, 1.54) is 4.90 Å². The van der Waals surface area contributed by atoms with Gasteiger partial charge in [0.2, 0.25) is 0 Å². The molecule has 0 saturated carbocycles. The quantitative estimate of drug-likeness (QED) is 0.750. The third-order valence-corrected chi connectivity index (χ3v) is 2.86. The Bertz CT molecular complexity index is 394. The number of amides is 1. The van der Waals surface area contributed by atoms with E-state index in [2.05, 4.69) is 0 Å². The SMILES string of the molecule is CC(C)(C)OC(=O)[C@@H]1CC[C@H](O)CN1C(=O)OC(C)(C)C. The minimum absolute atomic E-state index is 0.0822. The Morgan fingerprint density at radius 3 is 2.00 bits per heavy atom. The van der Waals surface area contributed by atoms with Gasteiger partial charge in [-0.25, -0.2) is 9.59 Å². The Hall–Kier alpha value is -1.30. The fourth-order valence-electron chi connectivity index (χ4n) is 2.09. The van der Waals surface area contributed by atoms with Crippen molar-refractivity contribution >= 4 is 12.1 Å². The van der Waals surface area contributed by atoms with Crippen LogP contribution in [0, 0.1) is 0 Å². The van der Waals surface area contributed by atoms with Crippen LogP contribution in [0.2, 0.25) is 0 Å². The number of rotatable bonds is 1. The molecule has 1 aliphatic rings. The van der Waals surface area contributed by atoms with Gasteiger partial charge in [0, 0.05) is 0 Å². The van der Waals surface area contributed by atoms with Crippen LogP contribution < -0.4 is 0 Å². The van der Waals surface area contributed by atoms with Gasteiger partial charge in [-0.1, -0.05) is 0 Å². The molecule has 21 heavy (non-hydrogen) atoms. The van der Waals surface area contributed by atoms with Gasteiger partial charge in [-0.05, 0) is 54.4 Å². The molecule has 2 atom stereocenters. The van der Waals surface area contributed by atoms with Crippen LogP contribution in [0.25, 0.3) is 0 Å². The van der Waals surface area contributed by atoms with Gasteiger partial charge in [0.15, 0.2) is 0 Å². The van der Waals surface area contributed by atoms with Gasteiger partial charge in [0.25, 0.3) is 0 Å². The molecule has 0 unspecified atom stereocenters. The Morgan fingerprint density at radius 2 is 1.52 bits per heavy atom. The second kappa shape index (κ2) is 6.22. The van der Waals surface area contributed by atoms with Crippen LogP contribution in [-0.4, -0.2) is 52.0 Å².